The molecule has 1 fully saturated rings. The molecule has 4 nitrogen and oxygen atoms in total. The van der Waals surface area contributed by atoms with Crippen molar-refractivity contribution < 1.29 is 8.42 Å². The van der Waals surface area contributed by atoms with Gasteiger partial charge in [0, 0.05) is 30.6 Å². The molecule has 0 aliphatic carbocycles. The number of hydrogen-bond donors (Lipinski definition) is 1. The van der Waals surface area contributed by atoms with Gasteiger partial charge in [0.05, 0.1) is 5.52 Å². The molecule has 0 saturated carbocycles. The lowest BCUT2D eigenvalue weighted by atomic mass is 9.93. The predicted molar refractivity (Wildman–Crippen MR) is 119 cm³/mol. The van der Waals surface area contributed by atoms with Crippen molar-refractivity contribution in [2.45, 2.75) is 11.2 Å². The first kappa shape index (κ1) is 18.2. The highest BCUT2D eigenvalue weighted by molar-refractivity contribution is 7.90. The van der Waals surface area contributed by atoms with Crippen molar-refractivity contribution in [1.82, 2.24) is 9.29 Å². The molecule has 0 spiro atoms. The van der Waals surface area contributed by atoms with E-state index in [4.69, 9.17) is 0 Å². The van der Waals surface area contributed by atoms with Crippen LogP contribution < -0.4 is 5.32 Å². The summed E-state index contributed by atoms with van der Waals surface area (Å²) in [6.07, 6.45) is 3.17. The van der Waals surface area contributed by atoms with Crippen LogP contribution in [0.3, 0.4) is 0 Å². The summed E-state index contributed by atoms with van der Waals surface area (Å²) in [7, 11) is -3.69. The van der Waals surface area contributed by atoms with E-state index in [1.165, 1.54) is 15.6 Å². The zero-order valence-electron chi connectivity index (χ0n) is 16.0. The zero-order valence-corrected chi connectivity index (χ0v) is 16.8. The van der Waals surface area contributed by atoms with Crippen molar-refractivity contribution in [3.63, 3.8) is 0 Å². The summed E-state index contributed by atoms with van der Waals surface area (Å²) >= 11 is 0. The Bertz CT molecular complexity index is 1330. The van der Waals surface area contributed by atoms with E-state index in [2.05, 4.69) is 18.0 Å². The Hall–Kier alpha value is -2.89. The maximum Gasteiger partial charge on any atom is 0.249 e. The van der Waals surface area contributed by atoms with Gasteiger partial charge in [0.1, 0.15) is 5.25 Å². The van der Waals surface area contributed by atoms with E-state index in [-0.39, 0.29) is 0 Å². The van der Waals surface area contributed by atoms with Gasteiger partial charge in [-0.05, 0) is 46.2 Å². The summed E-state index contributed by atoms with van der Waals surface area (Å²) in [6.45, 7) is 5.78. The first-order valence-electron chi connectivity index (χ1n) is 9.75. The summed E-state index contributed by atoms with van der Waals surface area (Å²) in [6, 6.07) is 21.7. The van der Waals surface area contributed by atoms with E-state index >= 15 is 0 Å². The maximum atomic E-state index is 13.5. The van der Waals surface area contributed by atoms with Gasteiger partial charge in [-0.15, -0.1) is 6.58 Å². The van der Waals surface area contributed by atoms with E-state index in [1.54, 1.807) is 6.20 Å². The van der Waals surface area contributed by atoms with Crippen LogP contribution in [-0.2, 0) is 10.0 Å². The highest BCUT2D eigenvalue weighted by Gasteiger charge is 2.28. The lowest BCUT2D eigenvalue weighted by Gasteiger charge is -2.27. The normalized spacial score (nSPS) is 16.0. The summed E-state index contributed by atoms with van der Waals surface area (Å²) in [5, 5.41) is 5.50. The molecule has 2 heterocycles. The van der Waals surface area contributed by atoms with Gasteiger partial charge in [0.15, 0.2) is 0 Å². The van der Waals surface area contributed by atoms with E-state index in [9.17, 15) is 8.42 Å². The fourth-order valence-electron chi connectivity index (χ4n) is 4.07. The smallest absolute Gasteiger partial charge is 0.249 e. The number of nitrogens with one attached hydrogen (secondary N) is 1. The summed E-state index contributed by atoms with van der Waals surface area (Å²) in [4.78, 5) is 0. The number of rotatable bonds is 5. The van der Waals surface area contributed by atoms with Crippen LogP contribution in [0.4, 0.5) is 0 Å². The Morgan fingerprint density at radius 2 is 1.76 bits per heavy atom. The molecular formula is C24H22N2O2S. The molecule has 0 bridgehead atoms. The third kappa shape index (κ3) is 2.98. The first-order valence-corrected chi connectivity index (χ1v) is 11.3. The molecule has 5 heteroatoms. The van der Waals surface area contributed by atoms with E-state index in [1.807, 2.05) is 60.7 Å². The number of hydrogen-bond acceptors (Lipinski definition) is 3. The van der Waals surface area contributed by atoms with Crippen LogP contribution in [0, 0.1) is 0 Å². The Balaban J connectivity index is 1.58. The Morgan fingerprint density at radius 1 is 0.966 bits per heavy atom. The van der Waals surface area contributed by atoms with Crippen molar-refractivity contribution in [3.8, 4) is 0 Å². The number of benzene rings is 3. The molecular weight excluding hydrogens is 380 g/mol. The average Bonchev–Trinajstić information content (AvgIpc) is 3.11. The van der Waals surface area contributed by atoms with Gasteiger partial charge in [-0.3, -0.25) is 0 Å². The van der Waals surface area contributed by atoms with Gasteiger partial charge in [-0.25, -0.2) is 12.4 Å². The minimum atomic E-state index is -3.69. The zero-order chi connectivity index (χ0) is 20.0. The van der Waals surface area contributed by atoms with Crippen LogP contribution in [0.5, 0.6) is 0 Å². The van der Waals surface area contributed by atoms with E-state index in [0.717, 1.165) is 34.8 Å². The fourth-order valence-corrected chi connectivity index (χ4v) is 5.72. The Morgan fingerprint density at radius 3 is 2.48 bits per heavy atom. The molecule has 1 saturated heterocycles. The molecule has 0 radical (unpaired) electrons. The van der Waals surface area contributed by atoms with Crippen LogP contribution in [-0.4, -0.2) is 25.5 Å². The van der Waals surface area contributed by atoms with Gasteiger partial charge < -0.3 is 5.32 Å². The van der Waals surface area contributed by atoms with Crippen LogP contribution in [0.25, 0.3) is 21.7 Å². The molecule has 1 atom stereocenters. The third-order valence-electron chi connectivity index (χ3n) is 5.84. The summed E-state index contributed by atoms with van der Waals surface area (Å²) in [5.74, 6) is 0.512. The minimum Gasteiger partial charge on any atom is -0.315 e. The third-order valence-corrected chi connectivity index (χ3v) is 7.82. The SMILES string of the molecule is C=CC(c1ccc2ccccc2c1)S(=O)(=O)n1ccc2cc(C3CNC3)ccc21. The van der Waals surface area contributed by atoms with Gasteiger partial charge in [-0.1, -0.05) is 48.5 Å². The first-order chi connectivity index (χ1) is 14.1. The van der Waals surface area contributed by atoms with Crippen LogP contribution >= 0.6 is 0 Å². The lowest BCUT2D eigenvalue weighted by molar-refractivity contribution is 0.449. The summed E-state index contributed by atoms with van der Waals surface area (Å²) in [5.41, 5.74) is 2.67. The fraction of sp³-hybridized carbons (Fsp3) is 0.167. The van der Waals surface area contributed by atoms with Gasteiger partial charge in [0.25, 0.3) is 0 Å². The second-order valence-corrected chi connectivity index (χ2v) is 9.52. The van der Waals surface area contributed by atoms with Crippen molar-refractivity contribution >= 4 is 31.7 Å². The van der Waals surface area contributed by atoms with Crippen molar-refractivity contribution in [1.29, 1.82) is 0 Å². The highest BCUT2D eigenvalue weighted by atomic mass is 32.2. The molecule has 1 aliphatic rings. The number of fused-ring (bicyclic) bond motifs is 2. The van der Waals surface area contributed by atoms with Gasteiger partial charge >= 0.3 is 0 Å². The Labute approximate surface area is 170 Å². The monoisotopic (exact) mass is 402 g/mol. The number of nitrogens with zero attached hydrogens (tertiary/aromatic N) is 1. The maximum absolute atomic E-state index is 13.5. The highest BCUT2D eigenvalue weighted by Crippen LogP contribution is 2.32. The molecule has 0 amide bonds. The number of aromatic nitrogens is 1. The molecule has 4 aromatic rings. The largest absolute Gasteiger partial charge is 0.315 e. The van der Waals surface area contributed by atoms with Crippen LogP contribution in [0.15, 0.2) is 85.6 Å². The topological polar surface area (TPSA) is 51.1 Å². The van der Waals surface area contributed by atoms with Crippen molar-refractivity contribution in [2.75, 3.05) is 13.1 Å². The summed E-state index contributed by atoms with van der Waals surface area (Å²) < 4.78 is 28.5. The molecule has 1 unspecified atom stereocenters. The lowest BCUT2D eigenvalue weighted by Crippen LogP contribution is -2.39. The van der Waals surface area contributed by atoms with Gasteiger partial charge in [0.2, 0.25) is 10.0 Å². The van der Waals surface area contributed by atoms with Crippen molar-refractivity contribution in [3.05, 3.63) is 96.7 Å². The van der Waals surface area contributed by atoms with E-state index in [0.29, 0.717) is 11.4 Å². The molecule has 1 aliphatic heterocycles. The average molecular weight is 403 g/mol. The molecule has 5 rings (SSSR count). The van der Waals surface area contributed by atoms with Crippen molar-refractivity contribution in [2.24, 2.45) is 0 Å². The molecule has 146 valence electrons. The standard InChI is InChI=1S/C24H22N2O2S/c1-2-24(21-8-7-17-5-3-4-6-18(17)14-21)29(27,28)26-12-11-20-13-19(9-10-23(20)26)22-15-25-16-22/h2-14,22,24-25H,1,15-16H2. The molecule has 1 aromatic heterocycles. The molecule has 1 N–H and O–H groups in total. The molecule has 29 heavy (non-hydrogen) atoms. The second kappa shape index (κ2) is 6.87. The Kier molecular flexibility index (Phi) is 4.30. The van der Waals surface area contributed by atoms with E-state index < -0.39 is 15.3 Å². The second-order valence-electron chi connectivity index (χ2n) is 7.59. The predicted octanol–water partition coefficient (Wildman–Crippen LogP) is 4.59. The minimum absolute atomic E-state index is 0.512. The van der Waals surface area contributed by atoms with Crippen LogP contribution in [0.2, 0.25) is 0 Å². The van der Waals surface area contributed by atoms with Gasteiger partial charge in [-0.2, -0.15) is 0 Å². The van der Waals surface area contributed by atoms with Crippen LogP contribution in [0.1, 0.15) is 22.3 Å². The molecule has 3 aromatic carbocycles. The quantitative estimate of drug-likeness (QED) is 0.497.